The predicted molar refractivity (Wildman–Crippen MR) is 83.6 cm³/mol. The Morgan fingerprint density at radius 1 is 1.10 bits per heavy atom. The Hall–Kier alpha value is -1.39. The van der Waals surface area contributed by atoms with Gasteiger partial charge in [-0.2, -0.15) is 0 Å². The maximum Gasteiger partial charge on any atom is 0.159 e. The van der Waals surface area contributed by atoms with Gasteiger partial charge in [0.1, 0.15) is 0 Å². The smallest absolute Gasteiger partial charge is 0.159 e. The minimum atomic E-state index is -0.823. The van der Waals surface area contributed by atoms with Gasteiger partial charge in [-0.3, -0.25) is 0 Å². The molecule has 0 saturated heterocycles. The van der Waals surface area contributed by atoms with Crippen LogP contribution in [-0.2, 0) is 6.42 Å². The Balaban J connectivity index is 2.28. The van der Waals surface area contributed by atoms with Gasteiger partial charge >= 0.3 is 0 Å². The fourth-order valence-electron chi connectivity index (χ4n) is 2.06. The van der Waals surface area contributed by atoms with Crippen molar-refractivity contribution in [2.75, 3.05) is 0 Å². The molecule has 1 nitrogen and oxygen atoms in total. The lowest BCUT2D eigenvalue weighted by Gasteiger charge is -2.14. The number of nitrogens with two attached hydrogens (primary N) is 1. The Labute approximate surface area is 128 Å². The molecule has 0 saturated carbocycles. The van der Waals surface area contributed by atoms with Crippen molar-refractivity contribution in [2.24, 2.45) is 5.73 Å². The molecular weight excluding hydrogens is 288 g/mol. The minimum absolute atomic E-state index is 0.108. The summed E-state index contributed by atoms with van der Waals surface area (Å²) in [5.41, 5.74) is 8.36. The zero-order chi connectivity index (χ0) is 15.4. The number of aryl methyl sites for hydroxylation is 1. The zero-order valence-corrected chi connectivity index (χ0v) is 13.0. The van der Waals surface area contributed by atoms with Crippen molar-refractivity contribution in [1.29, 1.82) is 0 Å². The summed E-state index contributed by atoms with van der Waals surface area (Å²) < 4.78 is 26.3. The monoisotopic (exact) mass is 307 g/mol. The third-order valence-electron chi connectivity index (χ3n) is 3.34. The normalized spacial score (nSPS) is 12.4. The first kappa shape index (κ1) is 16.0. The second-order valence-corrected chi connectivity index (χ2v) is 6.28. The van der Waals surface area contributed by atoms with E-state index < -0.39 is 11.6 Å². The number of hydrogen-bond acceptors (Lipinski definition) is 2. The molecule has 2 aromatic rings. The Kier molecular flexibility index (Phi) is 5.37. The molecule has 21 heavy (non-hydrogen) atoms. The van der Waals surface area contributed by atoms with E-state index >= 15 is 0 Å². The molecule has 1 atom stereocenters. The number of rotatable bonds is 5. The molecule has 2 aromatic carbocycles. The Morgan fingerprint density at radius 3 is 2.52 bits per heavy atom. The lowest BCUT2D eigenvalue weighted by molar-refractivity contribution is 0.506. The zero-order valence-electron chi connectivity index (χ0n) is 12.2. The average molecular weight is 307 g/mol. The van der Waals surface area contributed by atoms with Crippen LogP contribution in [0.4, 0.5) is 8.78 Å². The molecule has 0 bridgehead atoms. The van der Waals surface area contributed by atoms with E-state index in [1.54, 1.807) is 6.07 Å². The van der Waals surface area contributed by atoms with E-state index in [4.69, 9.17) is 5.73 Å². The van der Waals surface area contributed by atoms with Gasteiger partial charge in [-0.15, -0.1) is 0 Å². The summed E-state index contributed by atoms with van der Waals surface area (Å²) in [7, 11) is 0. The van der Waals surface area contributed by atoms with Crippen molar-refractivity contribution in [2.45, 2.75) is 42.5 Å². The summed E-state index contributed by atoms with van der Waals surface area (Å²) in [6.07, 6.45) is 1.69. The van der Waals surface area contributed by atoms with Gasteiger partial charge in [0.2, 0.25) is 0 Å². The van der Waals surface area contributed by atoms with Crippen LogP contribution in [0.1, 0.15) is 24.5 Å². The highest BCUT2D eigenvalue weighted by Gasteiger charge is 2.10. The first-order valence-corrected chi connectivity index (χ1v) is 7.79. The van der Waals surface area contributed by atoms with E-state index in [1.807, 2.05) is 19.1 Å². The maximum absolute atomic E-state index is 13.3. The quantitative estimate of drug-likeness (QED) is 0.866. The van der Waals surface area contributed by atoms with Crippen molar-refractivity contribution in [1.82, 2.24) is 0 Å². The van der Waals surface area contributed by atoms with Crippen LogP contribution in [0, 0.1) is 18.6 Å². The molecule has 0 aliphatic rings. The van der Waals surface area contributed by atoms with Gasteiger partial charge in [0.05, 0.1) is 0 Å². The fraction of sp³-hybridized carbons (Fsp3) is 0.294. The van der Waals surface area contributed by atoms with Gasteiger partial charge in [-0.1, -0.05) is 36.4 Å². The van der Waals surface area contributed by atoms with Gasteiger partial charge in [0.15, 0.2) is 11.6 Å². The van der Waals surface area contributed by atoms with Crippen LogP contribution in [-0.4, -0.2) is 6.04 Å². The first-order chi connectivity index (χ1) is 9.99. The van der Waals surface area contributed by atoms with Crippen LogP contribution in [0.2, 0.25) is 0 Å². The highest BCUT2D eigenvalue weighted by atomic mass is 32.2. The molecule has 0 fully saturated rings. The molecule has 0 spiro atoms. The van der Waals surface area contributed by atoms with Crippen LogP contribution in [0.25, 0.3) is 0 Å². The van der Waals surface area contributed by atoms with Gasteiger partial charge in [0.25, 0.3) is 0 Å². The molecule has 0 radical (unpaired) electrons. The summed E-state index contributed by atoms with van der Waals surface area (Å²) >= 11 is 1.44. The Bertz CT molecular complexity index is 628. The van der Waals surface area contributed by atoms with Crippen LogP contribution < -0.4 is 5.73 Å². The molecule has 2 rings (SSSR count). The first-order valence-electron chi connectivity index (χ1n) is 6.97. The van der Waals surface area contributed by atoms with E-state index in [9.17, 15) is 8.78 Å². The molecule has 2 N–H and O–H groups in total. The lowest BCUT2D eigenvalue weighted by Crippen LogP contribution is -2.21. The lowest BCUT2D eigenvalue weighted by atomic mass is 10.0. The van der Waals surface area contributed by atoms with Gasteiger partial charge in [-0.25, -0.2) is 8.78 Å². The molecule has 0 aromatic heterocycles. The average Bonchev–Trinajstić information content (AvgIpc) is 2.45. The van der Waals surface area contributed by atoms with Crippen molar-refractivity contribution in [3.05, 3.63) is 59.2 Å². The highest BCUT2D eigenvalue weighted by molar-refractivity contribution is 7.99. The maximum atomic E-state index is 13.3. The topological polar surface area (TPSA) is 26.0 Å². The van der Waals surface area contributed by atoms with Crippen LogP contribution in [0.5, 0.6) is 0 Å². The van der Waals surface area contributed by atoms with Gasteiger partial charge < -0.3 is 5.73 Å². The second-order valence-electron chi connectivity index (χ2n) is 5.16. The van der Waals surface area contributed by atoms with E-state index in [1.165, 1.54) is 23.4 Å². The van der Waals surface area contributed by atoms with Crippen molar-refractivity contribution in [3.8, 4) is 0 Å². The van der Waals surface area contributed by atoms with Crippen molar-refractivity contribution >= 4 is 11.8 Å². The molecule has 4 heteroatoms. The third-order valence-corrected chi connectivity index (χ3v) is 4.45. The van der Waals surface area contributed by atoms with Crippen LogP contribution >= 0.6 is 11.8 Å². The third kappa shape index (κ3) is 4.29. The van der Waals surface area contributed by atoms with Gasteiger partial charge in [-0.05, 0) is 49.6 Å². The second kappa shape index (κ2) is 7.05. The summed E-state index contributed by atoms with van der Waals surface area (Å²) in [5, 5.41) is 0. The molecule has 0 aliphatic heterocycles. The molecule has 0 amide bonds. The number of halogens is 2. The van der Waals surface area contributed by atoms with E-state index in [0.717, 1.165) is 29.4 Å². The molecule has 0 aliphatic carbocycles. The van der Waals surface area contributed by atoms with E-state index in [2.05, 4.69) is 13.0 Å². The number of benzene rings is 2. The molecular formula is C17H19F2NS. The molecule has 112 valence electrons. The van der Waals surface area contributed by atoms with Crippen LogP contribution in [0.3, 0.4) is 0 Å². The van der Waals surface area contributed by atoms with Crippen molar-refractivity contribution in [3.63, 3.8) is 0 Å². The highest BCUT2D eigenvalue weighted by Crippen LogP contribution is 2.32. The summed E-state index contributed by atoms with van der Waals surface area (Å²) in [6.45, 7) is 4.09. The number of hydrogen-bond donors (Lipinski definition) is 1. The van der Waals surface area contributed by atoms with E-state index in [0.29, 0.717) is 4.90 Å². The minimum Gasteiger partial charge on any atom is -0.327 e. The molecule has 0 heterocycles. The largest absolute Gasteiger partial charge is 0.327 e. The van der Waals surface area contributed by atoms with Gasteiger partial charge in [0, 0.05) is 15.8 Å². The van der Waals surface area contributed by atoms with Crippen LogP contribution in [0.15, 0.2) is 46.2 Å². The summed E-state index contributed by atoms with van der Waals surface area (Å²) in [5.74, 6) is -1.64. The SMILES string of the molecule is CCC(N)Cc1cc(C)ccc1Sc1ccc(F)c(F)c1. The predicted octanol–water partition coefficient (Wildman–Crippen LogP) is 4.70. The standard InChI is InChI=1S/C17H19F2NS/c1-3-13(20)9-12-8-11(2)4-7-17(12)21-14-5-6-15(18)16(19)10-14/h4-8,10,13H,3,9,20H2,1-2H3. The van der Waals surface area contributed by atoms with E-state index in [-0.39, 0.29) is 6.04 Å². The van der Waals surface area contributed by atoms with Crippen molar-refractivity contribution < 1.29 is 8.78 Å². The fourth-order valence-corrected chi connectivity index (χ4v) is 3.02. The summed E-state index contributed by atoms with van der Waals surface area (Å²) in [4.78, 5) is 1.72. The molecule has 1 unspecified atom stereocenters. The summed E-state index contributed by atoms with van der Waals surface area (Å²) in [6, 6.07) is 10.2. The Morgan fingerprint density at radius 2 is 1.86 bits per heavy atom.